The number of hydrogen-bond donors (Lipinski definition) is 2. The van der Waals surface area contributed by atoms with Crippen LogP contribution < -0.4 is 10.6 Å². The molecule has 4 atom stereocenters. The summed E-state index contributed by atoms with van der Waals surface area (Å²) >= 11 is 0. The molecule has 2 bridgehead atoms. The van der Waals surface area contributed by atoms with Crippen molar-refractivity contribution in [1.82, 2.24) is 30.5 Å². The molecule has 0 radical (unpaired) electrons. The Bertz CT molecular complexity index is 569. The van der Waals surface area contributed by atoms with E-state index in [1.807, 2.05) is 17.9 Å². The average Bonchev–Trinajstić information content (AvgIpc) is 3.27. The minimum Gasteiger partial charge on any atom is -0.353 e. The number of rotatable bonds is 6. The maximum absolute atomic E-state index is 12.4. The van der Waals surface area contributed by atoms with E-state index in [9.17, 15) is 4.79 Å². The number of aromatic nitrogens is 3. The van der Waals surface area contributed by atoms with Gasteiger partial charge in [0.25, 0.3) is 0 Å². The lowest BCUT2D eigenvalue weighted by Gasteiger charge is -2.49. The fourth-order valence-corrected chi connectivity index (χ4v) is 4.07. The third-order valence-corrected chi connectivity index (χ3v) is 5.48. The molecule has 3 aliphatic heterocycles. The molecule has 1 aliphatic carbocycles. The van der Waals surface area contributed by atoms with Crippen molar-refractivity contribution >= 4 is 5.91 Å². The van der Waals surface area contributed by atoms with Crippen molar-refractivity contribution < 1.29 is 4.79 Å². The second kappa shape index (κ2) is 6.20. The number of carbonyl (C=O) groups excluding carboxylic acids is 1. The van der Waals surface area contributed by atoms with E-state index in [1.54, 1.807) is 0 Å². The van der Waals surface area contributed by atoms with Crippen LogP contribution in [0.25, 0.3) is 0 Å². The predicted octanol–water partition coefficient (Wildman–Crippen LogP) is -0.0135. The molecule has 5 rings (SSSR count). The van der Waals surface area contributed by atoms with Gasteiger partial charge in [0.05, 0.1) is 18.2 Å². The van der Waals surface area contributed by atoms with Gasteiger partial charge in [-0.3, -0.25) is 14.4 Å². The molecule has 0 spiro atoms. The predicted molar refractivity (Wildman–Crippen MR) is 85.5 cm³/mol. The molecule has 1 saturated carbocycles. The molecule has 7 heteroatoms. The number of nitrogens with one attached hydrogen (secondary N) is 2. The summed E-state index contributed by atoms with van der Waals surface area (Å²) < 4.78 is 1.96. The second-order valence-electron chi connectivity index (χ2n) is 7.28. The van der Waals surface area contributed by atoms with E-state index in [0.29, 0.717) is 18.0 Å². The molecule has 4 fully saturated rings. The Hall–Kier alpha value is -1.47. The maximum atomic E-state index is 12.4. The van der Waals surface area contributed by atoms with Gasteiger partial charge in [0.2, 0.25) is 5.91 Å². The van der Waals surface area contributed by atoms with Crippen LogP contribution in [0.4, 0.5) is 0 Å². The molecular weight excluding hydrogens is 292 g/mol. The summed E-state index contributed by atoms with van der Waals surface area (Å²) in [6, 6.07) is 0.956. The van der Waals surface area contributed by atoms with Crippen molar-refractivity contribution in [1.29, 1.82) is 0 Å². The number of carbonyl (C=O) groups is 1. The summed E-state index contributed by atoms with van der Waals surface area (Å²) in [5.41, 5.74) is 0.977. The quantitative estimate of drug-likeness (QED) is 0.771. The van der Waals surface area contributed by atoms with Crippen LogP contribution in [0.3, 0.4) is 0 Å². The molecule has 4 unspecified atom stereocenters. The third kappa shape index (κ3) is 3.26. The lowest BCUT2D eigenvalue weighted by molar-refractivity contribution is -0.133. The fraction of sp³-hybridized carbons (Fsp3) is 0.812. The first-order chi connectivity index (χ1) is 11.2. The Labute approximate surface area is 136 Å². The van der Waals surface area contributed by atoms with E-state index in [2.05, 4.69) is 25.8 Å². The Morgan fingerprint density at radius 1 is 1.39 bits per heavy atom. The van der Waals surface area contributed by atoms with Crippen LogP contribution in [0.5, 0.6) is 0 Å². The van der Waals surface area contributed by atoms with E-state index in [-0.39, 0.29) is 11.8 Å². The largest absolute Gasteiger partial charge is 0.353 e. The van der Waals surface area contributed by atoms with E-state index >= 15 is 0 Å². The number of fused-ring (bicyclic) bond motifs is 3. The monoisotopic (exact) mass is 318 g/mol. The van der Waals surface area contributed by atoms with Crippen LogP contribution in [0, 0.1) is 11.8 Å². The van der Waals surface area contributed by atoms with Gasteiger partial charge in [0, 0.05) is 31.4 Å². The number of hydrogen-bond acceptors (Lipinski definition) is 5. The summed E-state index contributed by atoms with van der Waals surface area (Å²) in [5.74, 6) is 1.01. The van der Waals surface area contributed by atoms with Gasteiger partial charge in [-0.1, -0.05) is 5.21 Å². The Kier molecular flexibility index (Phi) is 4.07. The van der Waals surface area contributed by atoms with Crippen molar-refractivity contribution in [2.24, 2.45) is 11.8 Å². The summed E-state index contributed by atoms with van der Waals surface area (Å²) in [7, 11) is 1.91. The molecule has 1 aromatic heterocycles. The van der Waals surface area contributed by atoms with E-state index in [4.69, 9.17) is 0 Å². The molecule has 3 saturated heterocycles. The highest BCUT2D eigenvalue weighted by Gasteiger charge is 2.44. The van der Waals surface area contributed by atoms with Gasteiger partial charge in [-0.25, -0.2) is 0 Å². The molecule has 23 heavy (non-hydrogen) atoms. The molecular formula is C16H26N6O. The van der Waals surface area contributed by atoms with Gasteiger partial charge in [-0.2, -0.15) is 0 Å². The number of piperidine rings is 3. The van der Waals surface area contributed by atoms with Crippen molar-refractivity contribution in [3.8, 4) is 0 Å². The molecule has 2 N–H and O–H groups in total. The highest BCUT2D eigenvalue weighted by Crippen LogP contribution is 2.37. The van der Waals surface area contributed by atoms with Crippen LogP contribution in [0.1, 0.15) is 31.4 Å². The zero-order valence-corrected chi connectivity index (χ0v) is 13.7. The topological polar surface area (TPSA) is 75.1 Å². The highest BCUT2D eigenvalue weighted by molar-refractivity contribution is 5.80. The summed E-state index contributed by atoms with van der Waals surface area (Å²) in [5, 5.41) is 14.7. The first kappa shape index (κ1) is 15.1. The molecule has 4 heterocycles. The highest BCUT2D eigenvalue weighted by atomic mass is 16.2. The van der Waals surface area contributed by atoms with Crippen LogP contribution >= 0.6 is 0 Å². The lowest BCUT2D eigenvalue weighted by Crippen LogP contribution is -2.58. The molecule has 7 nitrogen and oxygen atoms in total. The minimum atomic E-state index is 0.191. The zero-order chi connectivity index (χ0) is 15.8. The molecule has 1 aromatic rings. The first-order valence-corrected chi connectivity index (χ1v) is 8.81. The molecule has 1 amide bonds. The van der Waals surface area contributed by atoms with Crippen molar-refractivity contribution in [3.05, 3.63) is 11.9 Å². The summed E-state index contributed by atoms with van der Waals surface area (Å²) in [4.78, 5) is 14.9. The van der Waals surface area contributed by atoms with Crippen LogP contribution in [-0.4, -0.2) is 58.0 Å². The van der Waals surface area contributed by atoms with E-state index in [0.717, 1.165) is 57.6 Å². The van der Waals surface area contributed by atoms with Crippen molar-refractivity contribution in [3.63, 3.8) is 0 Å². The number of amides is 1. The van der Waals surface area contributed by atoms with Gasteiger partial charge in [-0.05, 0) is 45.2 Å². The van der Waals surface area contributed by atoms with Gasteiger partial charge in [0.15, 0.2) is 0 Å². The van der Waals surface area contributed by atoms with Crippen LogP contribution in [0.2, 0.25) is 0 Å². The van der Waals surface area contributed by atoms with Gasteiger partial charge < -0.3 is 10.6 Å². The Balaban J connectivity index is 1.36. The second-order valence-corrected chi connectivity index (χ2v) is 7.28. The van der Waals surface area contributed by atoms with Crippen LogP contribution in [-0.2, 0) is 17.9 Å². The molecule has 4 aliphatic rings. The SMILES string of the molecule is CNCc1cn(CC2CC3CCN2CC3C(=O)NC2CC2)nn1. The smallest absolute Gasteiger partial charge is 0.224 e. The first-order valence-electron chi connectivity index (χ1n) is 8.81. The zero-order valence-electron chi connectivity index (χ0n) is 13.7. The fourth-order valence-electron chi connectivity index (χ4n) is 4.07. The lowest BCUT2D eigenvalue weighted by atomic mass is 9.75. The molecule has 126 valence electrons. The number of nitrogens with zero attached hydrogens (tertiary/aromatic N) is 4. The van der Waals surface area contributed by atoms with Crippen molar-refractivity contribution in [2.75, 3.05) is 20.1 Å². The average molecular weight is 318 g/mol. The Morgan fingerprint density at radius 2 is 2.26 bits per heavy atom. The molecule has 0 aromatic carbocycles. The van der Waals surface area contributed by atoms with E-state index < -0.39 is 0 Å². The van der Waals surface area contributed by atoms with Crippen molar-refractivity contribution in [2.45, 2.75) is 50.9 Å². The third-order valence-electron chi connectivity index (χ3n) is 5.48. The maximum Gasteiger partial charge on any atom is 0.224 e. The van der Waals surface area contributed by atoms with Gasteiger partial charge >= 0.3 is 0 Å². The van der Waals surface area contributed by atoms with Crippen LogP contribution in [0.15, 0.2) is 6.20 Å². The Morgan fingerprint density at radius 3 is 2.96 bits per heavy atom. The van der Waals surface area contributed by atoms with Gasteiger partial charge in [-0.15, -0.1) is 5.10 Å². The summed E-state index contributed by atoms with van der Waals surface area (Å²) in [6.07, 6.45) is 6.61. The summed E-state index contributed by atoms with van der Waals surface area (Å²) in [6.45, 7) is 3.65. The van der Waals surface area contributed by atoms with E-state index in [1.165, 1.54) is 0 Å². The van der Waals surface area contributed by atoms with Gasteiger partial charge in [0.1, 0.15) is 0 Å². The minimum absolute atomic E-state index is 0.191. The normalized spacial score (nSPS) is 32.9. The standard InChI is InChI=1S/C16H26N6O/c1-17-7-13-8-22(20-19-13)9-14-6-11-4-5-21(14)10-15(11)16(23)18-12-2-3-12/h8,11-12,14-15,17H,2-7,9-10H2,1H3,(H,18,23).